The van der Waals surface area contributed by atoms with E-state index in [1.54, 1.807) is 0 Å². The van der Waals surface area contributed by atoms with Crippen molar-refractivity contribution in [2.75, 3.05) is 13.1 Å². The lowest BCUT2D eigenvalue weighted by Gasteiger charge is -2.33. The zero-order chi connectivity index (χ0) is 12.4. The molecule has 0 atom stereocenters. The zero-order valence-corrected chi connectivity index (χ0v) is 11.5. The molecule has 2 N–H and O–H groups in total. The van der Waals surface area contributed by atoms with Gasteiger partial charge in [-0.2, -0.15) is 0 Å². The molecule has 0 radical (unpaired) electrons. The molecule has 18 heavy (non-hydrogen) atoms. The summed E-state index contributed by atoms with van der Waals surface area (Å²) in [5.74, 6) is 0.837. The highest BCUT2D eigenvalue weighted by atomic mass is 15.3. The standard InChI is InChI=1S/C15H27N3/c16-14(17-13-6-2-3-7-13)18-11-10-15(12-18)8-4-1-5-9-15/h13H,1-12H2,(H2,16,17). The first kappa shape index (κ1) is 12.3. The van der Waals surface area contributed by atoms with E-state index < -0.39 is 0 Å². The van der Waals surface area contributed by atoms with E-state index in [1.165, 1.54) is 70.8 Å². The molecule has 0 unspecified atom stereocenters. The summed E-state index contributed by atoms with van der Waals surface area (Å²) in [6.07, 6.45) is 13.6. The molecule has 2 aliphatic carbocycles. The molecule has 0 bridgehead atoms. The number of nitrogens with zero attached hydrogens (tertiary/aromatic N) is 2. The Hall–Kier alpha value is -0.730. The topological polar surface area (TPSA) is 41.6 Å². The van der Waals surface area contributed by atoms with Crippen molar-refractivity contribution in [3.63, 3.8) is 0 Å². The molecule has 3 nitrogen and oxygen atoms in total. The van der Waals surface area contributed by atoms with Crippen molar-refractivity contribution in [3.05, 3.63) is 0 Å². The summed E-state index contributed by atoms with van der Waals surface area (Å²) in [5, 5.41) is 0. The molecule has 1 spiro atoms. The third-order valence-electron chi connectivity index (χ3n) is 5.32. The minimum Gasteiger partial charge on any atom is -0.370 e. The third kappa shape index (κ3) is 2.50. The minimum absolute atomic E-state index is 0.521. The van der Waals surface area contributed by atoms with E-state index in [4.69, 9.17) is 10.7 Å². The van der Waals surface area contributed by atoms with Crippen molar-refractivity contribution in [1.82, 2.24) is 4.90 Å². The fraction of sp³-hybridized carbons (Fsp3) is 0.933. The average Bonchev–Trinajstić information content (AvgIpc) is 3.01. The molecule has 3 heteroatoms. The number of likely N-dealkylation sites (tertiary alicyclic amines) is 1. The smallest absolute Gasteiger partial charge is 0.191 e. The van der Waals surface area contributed by atoms with Gasteiger partial charge < -0.3 is 10.6 Å². The highest BCUT2D eigenvalue weighted by molar-refractivity contribution is 5.78. The van der Waals surface area contributed by atoms with Gasteiger partial charge in [0.25, 0.3) is 0 Å². The maximum atomic E-state index is 6.22. The lowest BCUT2D eigenvalue weighted by Crippen LogP contribution is -2.38. The highest BCUT2D eigenvalue weighted by Crippen LogP contribution is 2.43. The zero-order valence-electron chi connectivity index (χ0n) is 11.5. The van der Waals surface area contributed by atoms with E-state index in [1.807, 2.05) is 0 Å². The molecule has 3 fully saturated rings. The molecule has 2 saturated carbocycles. The van der Waals surface area contributed by atoms with Crippen molar-refractivity contribution < 1.29 is 0 Å². The lowest BCUT2D eigenvalue weighted by atomic mass is 9.73. The van der Waals surface area contributed by atoms with Gasteiger partial charge in [-0.25, -0.2) is 4.99 Å². The first-order valence-electron chi connectivity index (χ1n) is 7.86. The first-order valence-corrected chi connectivity index (χ1v) is 7.86. The van der Waals surface area contributed by atoms with E-state index in [0.717, 1.165) is 12.5 Å². The quantitative estimate of drug-likeness (QED) is 0.573. The van der Waals surface area contributed by atoms with Gasteiger partial charge in [0.1, 0.15) is 0 Å². The van der Waals surface area contributed by atoms with Gasteiger partial charge >= 0.3 is 0 Å². The van der Waals surface area contributed by atoms with Crippen LogP contribution in [0.1, 0.15) is 64.2 Å². The number of hydrogen-bond acceptors (Lipinski definition) is 1. The second-order valence-corrected chi connectivity index (χ2v) is 6.66. The van der Waals surface area contributed by atoms with Crippen molar-refractivity contribution >= 4 is 5.96 Å². The monoisotopic (exact) mass is 249 g/mol. The van der Waals surface area contributed by atoms with Crippen molar-refractivity contribution in [2.45, 2.75) is 70.3 Å². The second kappa shape index (κ2) is 5.10. The van der Waals surface area contributed by atoms with E-state index in [9.17, 15) is 0 Å². The number of rotatable bonds is 1. The van der Waals surface area contributed by atoms with Crippen LogP contribution in [0.15, 0.2) is 4.99 Å². The Balaban J connectivity index is 1.60. The van der Waals surface area contributed by atoms with Crippen LogP contribution in [0.2, 0.25) is 0 Å². The van der Waals surface area contributed by atoms with Crippen molar-refractivity contribution in [3.8, 4) is 0 Å². The Morgan fingerprint density at radius 3 is 2.44 bits per heavy atom. The number of aliphatic imine (C=N–C) groups is 1. The summed E-state index contributed by atoms with van der Waals surface area (Å²) in [4.78, 5) is 7.12. The highest BCUT2D eigenvalue weighted by Gasteiger charge is 2.39. The Labute approximate surface area is 111 Å². The van der Waals surface area contributed by atoms with Gasteiger partial charge in [-0.1, -0.05) is 32.1 Å². The summed E-state index contributed by atoms with van der Waals surface area (Å²) < 4.78 is 0. The van der Waals surface area contributed by atoms with E-state index in [0.29, 0.717) is 11.5 Å². The predicted octanol–water partition coefficient (Wildman–Crippen LogP) is 2.90. The molecule has 3 rings (SSSR count). The van der Waals surface area contributed by atoms with Gasteiger partial charge in [-0.05, 0) is 37.5 Å². The van der Waals surface area contributed by atoms with Crippen LogP contribution in [0.25, 0.3) is 0 Å². The van der Waals surface area contributed by atoms with Crippen LogP contribution in [0.3, 0.4) is 0 Å². The van der Waals surface area contributed by atoms with Gasteiger partial charge in [-0.15, -0.1) is 0 Å². The molecule has 1 aliphatic heterocycles. The van der Waals surface area contributed by atoms with Gasteiger partial charge in [-0.3, -0.25) is 0 Å². The van der Waals surface area contributed by atoms with Crippen LogP contribution in [0.4, 0.5) is 0 Å². The maximum Gasteiger partial charge on any atom is 0.191 e. The Bertz CT molecular complexity index is 312. The van der Waals surface area contributed by atoms with Gasteiger partial charge in [0, 0.05) is 13.1 Å². The fourth-order valence-corrected chi connectivity index (χ4v) is 4.14. The largest absolute Gasteiger partial charge is 0.370 e. The van der Waals surface area contributed by atoms with Crippen LogP contribution < -0.4 is 5.73 Å². The van der Waals surface area contributed by atoms with Gasteiger partial charge in [0.2, 0.25) is 0 Å². The Morgan fingerprint density at radius 2 is 1.72 bits per heavy atom. The number of guanidine groups is 1. The molecule has 0 aromatic rings. The summed E-state index contributed by atoms with van der Waals surface area (Å²) in [6.45, 7) is 2.32. The summed E-state index contributed by atoms with van der Waals surface area (Å²) in [6, 6.07) is 0.521. The molecule has 1 heterocycles. The lowest BCUT2D eigenvalue weighted by molar-refractivity contribution is 0.203. The SMILES string of the molecule is NC(=NC1CCCC1)N1CCC2(CCCCC2)C1. The first-order chi connectivity index (χ1) is 8.77. The van der Waals surface area contributed by atoms with Crippen molar-refractivity contribution in [2.24, 2.45) is 16.1 Å². The minimum atomic E-state index is 0.521. The summed E-state index contributed by atoms with van der Waals surface area (Å²) in [5.41, 5.74) is 6.82. The molecular formula is C15H27N3. The average molecular weight is 249 g/mol. The second-order valence-electron chi connectivity index (χ2n) is 6.66. The predicted molar refractivity (Wildman–Crippen MR) is 75.6 cm³/mol. The van der Waals surface area contributed by atoms with Crippen LogP contribution in [0, 0.1) is 5.41 Å². The number of hydrogen-bond donors (Lipinski definition) is 1. The third-order valence-corrected chi connectivity index (χ3v) is 5.32. The molecule has 0 amide bonds. The Morgan fingerprint density at radius 1 is 1.00 bits per heavy atom. The van der Waals surface area contributed by atoms with E-state index in [-0.39, 0.29) is 0 Å². The van der Waals surface area contributed by atoms with Crippen LogP contribution >= 0.6 is 0 Å². The van der Waals surface area contributed by atoms with Crippen molar-refractivity contribution in [1.29, 1.82) is 0 Å². The molecule has 1 saturated heterocycles. The number of nitrogens with two attached hydrogens (primary N) is 1. The molecule has 102 valence electrons. The molecular weight excluding hydrogens is 222 g/mol. The summed E-state index contributed by atoms with van der Waals surface area (Å²) in [7, 11) is 0. The van der Waals surface area contributed by atoms with Crippen LogP contribution in [0.5, 0.6) is 0 Å². The van der Waals surface area contributed by atoms with E-state index >= 15 is 0 Å². The van der Waals surface area contributed by atoms with Crippen LogP contribution in [-0.2, 0) is 0 Å². The normalized spacial score (nSPS) is 29.3. The van der Waals surface area contributed by atoms with E-state index in [2.05, 4.69) is 4.90 Å². The fourth-order valence-electron chi connectivity index (χ4n) is 4.14. The molecule has 0 aromatic heterocycles. The summed E-state index contributed by atoms with van der Waals surface area (Å²) >= 11 is 0. The molecule has 3 aliphatic rings. The maximum absolute atomic E-state index is 6.22. The van der Waals surface area contributed by atoms with Crippen LogP contribution in [-0.4, -0.2) is 30.0 Å². The van der Waals surface area contributed by atoms with Gasteiger partial charge in [0.15, 0.2) is 5.96 Å². The molecule has 0 aromatic carbocycles. The van der Waals surface area contributed by atoms with Gasteiger partial charge in [0.05, 0.1) is 6.04 Å². The Kier molecular flexibility index (Phi) is 3.49.